The second-order valence-electron chi connectivity index (χ2n) is 3.19. The molecule has 1 fully saturated rings. The summed E-state index contributed by atoms with van der Waals surface area (Å²) in [6.07, 6.45) is -4.57. The monoisotopic (exact) mass is 208 g/mol. The second kappa shape index (κ2) is 3.79. The molecule has 7 nitrogen and oxygen atoms in total. The maximum atomic E-state index is 10.5. The van der Waals surface area contributed by atoms with Gasteiger partial charge in [0.15, 0.2) is 0 Å². The summed E-state index contributed by atoms with van der Waals surface area (Å²) >= 11 is 0. The van der Waals surface area contributed by atoms with E-state index in [9.17, 15) is 15.0 Å². The summed E-state index contributed by atoms with van der Waals surface area (Å²) in [5.74, 6) is -4.12. The van der Waals surface area contributed by atoms with Gasteiger partial charge in [-0.25, -0.2) is 4.79 Å². The van der Waals surface area contributed by atoms with Gasteiger partial charge in [-0.2, -0.15) is 0 Å². The van der Waals surface area contributed by atoms with Crippen LogP contribution in [0.25, 0.3) is 0 Å². The van der Waals surface area contributed by atoms with Crippen molar-refractivity contribution in [3.05, 3.63) is 0 Å². The molecule has 1 heterocycles. The van der Waals surface area contributed by atoms with Crippen molar-refractivity contribution in [2.75, 3.05) is 6.61 Å². The van der Waals surface area contributed by atoms with Crippen molar-refractivity contribution in [2.24, 2.45) is 0 Å². The molecule has 1 rings (SSSR count). The van der Waals surface area contributed by atoms with Gasteiger partial charge in [-0.1, -0.05) is 0 Å². The van der Waals surface area contributed by atoms with Crippen molar-refractivity contribution in [2.45, 2.75) is 30.5 Å². The Kier molecular flexibility index (Phi) is 3.07. The molecule has 0 radical (unpaired) electrons. The zero-order chi connectivity index (χ0) is 10.9. The number of hydrogen-bond acceptors (Lipinski definition) is 6. The van der Waals surface area contributed by atoms with Gasteiger partial charge in [-0.3, -0.25) is 0 Å². The third-order valence-electron chi connectivity index (χ3n) is 2.10. The molecule has 0 aromatic heterocycles. The van der Waals surface area contributed by atoms with Crippen LogP contribution in [0.15, 0.2) is 0 Å². The van der Waals surface area contributed by atoms with Crippen LogP contribution in [0.5, 0.6) is 0 Å². The molecule has 1 aliphatic rings. The van der Waals surface area contributed by atoms with Crippen LogP contribution in [-0.2, 0) is 9.53 Å². The molecule has 1 saturated heterocycles. The van der Waals surface area contributed by atoms with Crippen molar-refractivity contribution in [1.29, 1.82) is 0 Å². The van der Waals surface area contributed by atoms with Gasteiger partial charge in [0.1, 0.15) is 12.2 Å². The van der Waals surface area contributed by atoms with E-state index in [1.807, 2.05) is 0 Å². The van der Waals surface area contributed by atoms with Crippen LogP contribution in [0.1, 0.15) is 6.42 Å². The fourth-order valence-electron chi connectivity index (χ4n) is 1.33. The number of carbonyl (C=O) groups is 1. The van der Waals surface area contributed by atoms with Gasteiger partial charge in [0, 0.05) is 6.42 Å². The highest BCUT2D eigenvalue weighted by molar-refractivity contribution is 5.75. The van der Waals surface area contributed by atoms with Crippen LogP contribution >= 0.6 is 0 Å². The number of ether oxygens (including phenoxy) is 1. The minimum atomic E-state index is -2.49. The highest BCUT2D eigenvalue weighted by Gasteiger charge is 2.52. The average molecular weight is 208 g/mol. The first-order chi connectivity index (χ1) is 6.40. The molecule has 0 aliphatic carbocycles. The van der Waals surface area contributed by atoms with E-state index in [4.69, 9.17) is 15.3 Å². The highest BCUT2D eigenvalue weighted by atomic mass is 16.7. The normalized spacial score (nSPS) is 39.7. The molecule has 14 heavy (non-hydrogen) atoms. The fraction of sp³-hybridized carbons (Fsp3) is 0.857. The van der Waals surface area contributed by atoms with Crippen molar-refractivity contribution in [1.82, 2.24) is 0 Å². The lowest BCUT2D eigenvalue weighted by Gasteiger charge is -2.20. The number of aliphatic hydroxyl groups is 4. The van der Waals surface area contributed by atoms with Crippen molar-refractivity contribution < 1.29 is 35.1 Å². The van der Waals surface area contributed by atoms with Gasteiger partial charge in [-0.15, -0.1) is 0 Å². The first-order valence-electron chi connectivity index (χ1n) is 4.01. The van der Waals surface area contributed by atoms with Gasteiger partial charge in [0.2, 0.25) is 0 Å². The molecule has 0 amide bonds. The fourth-order valence-corrected chi connectivity index (χ4v) is 1.33. The molecule has 0 bridgehead atoms. The summed E-state index contributed by atoms with van der Waals surface area (Å²) in [6.45, 7) is -0.683. The molecule has 0 spiro atoms. The van der Waals surface area contributed by atoms with E-state index in [1.54, 1.807) is 0 Å². The van der Waals surface area contributed by atoms with E-state index in [0.717, 1.165) is 0 Å². The first kappa shape index (κ1) is 11.3. The van der Waals surface area contributed by atoms with Gasteiger partial charge in [0.05, 0.1) is 12.7 Å². The number of carboxylic acid groups (broad SMARTS) is 1. The van der Waals surface area contributed by atoms with Crippen LogP contribution in [0, 0.1) is 0 Å². The predicted molar refractivity (Wildman–Crippen MR) is 41.2 cm³/mol. The summed E-state index contributed by atoms with van der Waals surface area (Å²) < 4.78 is 4.57. The lowest BCUT2D eigenvalue weighted by molar-refractivity contribution is -0.226. The van der Waals surface area contributed by atoms with Crippen LogP contribution in [0.3, 0.4) is 0 Å². The molecule has 0 saturated carbocycles. The lowest BCUT2D eigenvalue weighted by Crippen LogP contribution is -2.41. The van der Waals surface area contributed by atoms with Crippen molar-refractivity contribution in [3.8, 4) is 0 Å². The Labute approximate surface area is 79.2 Å². The number of aliphatic carboxylic acids is 1. The summed E-state index contributed by atoms with van der Waals surface area (Å²) in [5.41, 5.74) is 0. The summed E-state index contributed by atoms with van der Waals surface area (Å²) in [7, 11) is 0. The average Bonchev–Trinajstić information content (AvgIpc) is 2.42. The minimum absolute atomic E-state index is 0.538. The molecular weight excluding hydrogens is 196 g/mol. The molecule has 82 valence electrons. The van der Waals surface area contributed by atoms with E-state index >= 15 is 0 Å². The van der Waals surface area contributed by atoms with Gasteiger partial charge >= 0.3 is 5.97 Å². The minimum Gasteiger partial charge on any atom is -0.477 e. The lowest BCUT2D eigenvalue weighted by atomic mass is 10.1. The SMILES string of the molecule is O=C(O)[C@]1(O)C[C@@H](O)[C@@H]([C@H](O)CO)O1. The Morgan fingerprint density at radius 3 is 2.57 bits per heavy atom. The highest BCUT2D eigenvalue weighted by Crippen LogP contribution is 2.30. The van der Waals surface area contributed by atoms with Crippen LogP contribution in [-0.4, -0.2) is 62.2 Å². The Hall–Kier alpha value is -0.730. The number of carboxylic acids is 1. The standard InChI is InChI=1S/C7H12O7/c8-2-4(10)5-3(9)1-7(13,14-5)6(11)12/h3-5,8-10,13H,1-2H2,(H,11,12)/t3-,4-,5+,7+/m1/s1. The molecule has 1 aliphatic heterocycles. The topological polar surface area (TPSA) is 127 Å². The maximum Gasteiger partial charge on any atom is 0.364 e. The van der Waals surface area contributed by atoms with E-state index in [2.05, 4.69) is 4.74 Å². The predicted octanol–water partition coefficient (Wildman–Crippen LogP) is -2.74. The number of rotatable bonds is 3. The number of aliphatic hydroxyl groups excluding tert-OH is 3. The van der Waals surface area contributed by atoms with Crippen LogP contribution < -0.4 is 0 Å². The van der Waals surface area contributed by atoms with Gasteiger partial charge < -0.3 is 30.3 Å². The summed E-state index contributed by atoms with van der Waals surface area (Å²) in [4.78, 5) is 10.5. The van der Waals surface area contributed by atoms with Crippen molar-refractivity contribution >= 4 is 5.97 Å². The largest absolute Gasteiger partial charge is 0.477 e. The molecule has 0 aromatic rings. The molecule has 0 unspecified atom stereocenters. The molecule has 0 aromatic carbocycles. The Balaban J connectivity index is 2.73. The maximum absolute atomic E-state index is 10.5. The second-order valence-corrected chi connectivity index (χ2v) is 3.19. The smallest absolute Gasteiger partial charge is 0.364 e. The van der Waals surface area contributed by atoms with E-state index in [1.165, 1.54) is 0 Å². The third kappa shape index (κ3) is 1.86. The summed E-state index contributed by atoms with van der Waals surface area (Å²) in [6, 6.07) is 0. The summed E-state index contributed by atoms with van der Waals surface area (Å²) in [5, 5.41) is 44.7. The molecule has 7 heteroatoms. The zero-order valence-corrected chi connectivity index (χ0v) is 7.20. The van der Waals surface area contributed by atoms with Crippen molar-refractivity contribution in [3.63, 3.8) is 0 Å². The third-order valence-corrected chi connectivity index (χ3v) is 2.10. The number of hydrogen-bond donors (Lipinski definition) is 5. The molecule has 4 atom stereocenters. The Bertz CT molecular complexity index is 230. The quantitative estimate of drug-likeness (QED) is 0.340. The Morgan fingerprint density at radius 1 is 1.64 bits per heavy atom. The van der Waals surface area contributed by atoms with E-state index in [0.29, 0.717) is 0 Å². The van der Waals surface area contributed by atoms with E-state index < -0.39 is 43.1 Å². The van der Waals surface area contributed by atoms with Gasteiger partial charge in [-0.05, 0) is 0 Å². The van der Waals surface area contributed by atoms with Gasteiger partial charge in [0.25, 0.3) is 5.79 Å². The Morgan fingerprint density at radius 2 is 2.21 bits per heavy atom. The van der Waals surface area contributed by atoms with E-state index in [-0.39, 0.29) is 0 Å². The molecule has 5 N–H and O–H groups in total. The zero-order valence-electron chi connectivity index (χ0n) is 7.20. The molecular formula is C7H12O7. The van der Waals surface area contributed by atoms with Crippen LogP contribution in [0.2, 0.25) is 0 Å². The first-order valence-corrected chi connectivity index (χ1v) is 4.01. The van der Waals surface area contributed by atoms with Crippen LogP contribution in [0.4, 0.5) is 0 Å².